The number of hydrogen-bond acceptors (Lipinski definition) is 5. The monoisotopic (exact) mass is 271 g/mol. The van der Waals surface area contributed by atoms with Crippen molar-refractivity contribution in [1.82, 2.24) is 20.2 Å². The summed E-state index contributed by atoms with van der Waals surface area (Å²) < 4.78 is 1.67. The molecule has 6 heteroatoms. The lowest BCUT2D eigenvalue weighted by Gasteiger charge is -2.06. The van der Waals surface area contributed by atoms with Gasteiger partial charge in [-0.05, 0) is 34.0 Å². The second-order valence-corrected chi connectivity index (χ2v) is 5.17. The van der Waals surface area contributed by atoms with Crippen LogP contribution in [0.2, 0.25) is 0 Å². The van der Waals surface area contributed by atoms with Crippen molar-refractivity contribution >= 4 is 17.0 Å². The van der Waals surface area contributed by atoms with Gasteiger partial charge in [-0.1, -0.05) is 18.2 Å². The molecule has 0 aliphatic rings. The number of hydrogen-bond donors (Lipinski definition) is 1. The van der Waals surface area contributed by atoms with E-state index in [4.69, 9.17) is 0 Å². The number of anilines is 1. The lowest BCUT2D eigenvalue weighted by atomic mass is 10.2. The molecule has 2 aromatic heterocycles. The zero-order valence-electron chi connectivity index (χ0n) is 10.4. The molecule has 0 fully saturated rings. The van der Waals surface area contributed by atoms with E-state index in [1.54, 1.807) is 16.0 Å². The van der Waals surface area contributed by atoms with Crippen LogP contribution in [0, 0.1) is 0 Å². The first-order chi connectivity index (χ1) is 9.33. The largest absolute Gasteiger partial charge is 0.380 e. The number of benzene rings is 1. The lowest BCUT2D eigenvalue weighted by Crippen LogP contribution is -1.99. The average Bonchev–Trinajstić information content (AvgIpc) is 3.08. The topological polar surface area (TPSA) is 55.6 Å². The van der Waals surface area contributed by atoms with Crippen LogP contribution in [0.15, 0.2) is 41.8 Å². The van der Waals surface area contributed by atoms with Gasteiger partial charge < -0.3 is 5.32 Å². The van der Waals surface area contributed by atoms with E-state index in [1.807, 2.05) is 25.2 Å². The minimum Gasteiger partial charge on any atom is -0.380 e. The van der Waals surface area contributed by atoms with E-state index >= 15 is 0 Å². The average molecular weight is 271 g/mol. The van der Waals surface area contributed by atoms with Crippen LogP contribution in [0.3, 0.4) is 0 Å². The Morgan fingerprint density at radius 3 is 2.95 bits per heavy atom. The molecule has 0 unspecified atom stereocenters. The van der Waals surface area contributed by atoms with E-state index in [0.29, 0.717) is 0 Å². The van der Waals surface area contributed by atoms with Crippen LogP contribution in [-0.2, 0) is 13.6 Å². The quantitative estimate of drug-likeness (QED) is 0.792. The first-order valence-electron chi connectivity index (χ1n) is 5.92. The molecule has 5 nitrogen and oxygen atoms in total. The van der Waals surface area contributed by atoms with Crippen molar-refractivity contribution in [1.29, 1.82) is 0 Å². The Balaban J connectivity index is 1.78. The molecule has 0 atom stereocenters. The van der Waals surface area contributed by atoms with Gasteiger partial charge in [0, 0.05) is 29.7 Å². The molecule has 2 heterocycles. The molecule has 0 aliphatic heterocycles. The van der Waals surface area contributed by atoms with Gasteiger partial charge in [0.15, 0.2) is 5.82 Å². The van der Waals surface area contributed by atoms with Crippen molar-refractivity contribution in [3.8, 4) is 11.4 Å². The van der Waals surface area contributed by atoms with Crippen LogP contribution in [0.4, 0.5) is 5.69 Å². The Morgan fingerprint density at radius 1 is 1.26 bits per heavy atom. The maximum atomic E-state index is 4.01. The molecule has 96 valence electrons. The predicted octanol–water partition coefficient (Wildman–Crippen LogP) is 2.55. The Hall–Kier alpha value is -2.21. The highest BCUT2D eigenvalue weighted by Crippen LogP contribution is 2.20. The van der Waals surface area contributed by atoms with Crippen LogP contribution < -0.4 is 5.32 Å². The van der Waals surface area contributed by atoms with E-state index in [-0.39, 0.29) is 0 Å². The maximum Gasteiger partial charge on any atom is 0.181 e. The minimum absolute atomic E-state index is 0.764. The summed E-state index contributed by atoms with van der Waals surface area (Å²) in [6, 6.07) is 12.3. The van der Waals surface area contributed by atoms with Crippen molar-refractivity contribution in [2.75, 3.05) is 5.32 Å². The Bertz CT molecular complexity index is 659. The highest BCUT2D eigenvalue weighted by molar-refractivity contribution is 7.09. The summed E-state index contributed by atoms with van der Waals surface area (Å²) in [5, 5.41) is 17.0. The molecular formula is C13H13N5S. The maximum absolute atomic E-state index is 4.01. The van der Waals surface area contributed by atoms with Gasteiger partial charge in [-0.2, -0.15) is 0 Å². The van der Waals surface area contributed by atoms with Crippen LogP contribution >= 0.6 is 11.3 Å². The van der Waals surface area contributed by atoms with Crippen LogP contribution in [0.1, 0.15) is 4.88 Å². The van der Waals surface area contributed by atoms with E-state index < -0.39 is 0 Å². The molecule has 0 aliphatic carbocycles. The molecule has 3 rings (SSSR count). The van der Waals surface area contributed by atoms with Gasteiger partial charge in [-0.15, -0.1) is 16.4 Å². The summed E-state index contributed by atoms with van der Waals surface area (Å²) in [6.07, 6.45) is 0. The summed E-state index contributed by atoms with van der Waals surface area (Å²) >= 11 is 1.75. The van der Waals surface area contributed by atoms with Crippen LogP contribution in [0.5, 0.6) is 0 Å². The predicted molar refractivity (Wildman–Crippen MR) is 75.9 cm³/mol. The molecule has 0 radical (unpaired) electrons. The Labute approximate surface area is 114 Å². The molecule has 0 saturated heterocycles. The molecule has 1 aromatic carbocycles. The van der Waals surface area contributed by atoms with Gasteiger partial charge in [0.2, 0.25) is 0 Å². The van der Waals surface area contributed by atoms with Gasteiger partial charge in [0.1, 0.15) is 0 Å². The van der Waals surface area contributed by atoms with Crippen molar-refractivity contribution in [2.24, 2.45) is 7.05 Å². The molecule has 1 N–H and O–H groups in total. The number of rotatable bonds is 4. The molecule has 0 saturated carbocycles. The fourth-order valence-corrected chi connectivity index (χ4v) is 2.49. The highest BCUT2D eigenvalue weighted by atomic mass is 32.1. The first-order valence-corrected chi connectivity index (χ1v) is 6.80. The molecule has 0 spiro atoms. The number of thiophene rings is 1. The second kappa shape index (κ2) is 5.19. The van der Waals surface area contributed by atoms with Gasteiger partial charge in [0.05, 0.1) is 0 Å². The van der Waals surface area contributed by atoms with Gasteiger partial charge in [-0.25, -0.2) is 4.68 Å². The third-order valence-corrected chi connectivity index (χ3v) is 3.66. The SMILES string of the molecule is Cn1nnnc1-c1cccc(NCc2cccs2)c1. The van der Waals surface area contributed by atoms with Gasteiger partial charge in [-0.3, -0.25) is 0 Å². The fraction of sp³-hybridized carbons (Fsp3) is 0.154. The number of aromatic nitrogens is 4. The third kappa shape index (κ3) is 2.63. The van der Waals surface area contributed by atoms with Crippen molar-refractivity contribution in [2.45, 2.75) is 6.54 Å². The van der Waals surface area contributed by atoms with E-state index in [0.717, 1.165) is 23.6 Å². The Morgan fingerprint density at radius 2 is 2.21 bits per heavy atom. The lowest BCUT2D eigenvalue weighted by molar-refractivity contribution is 0.714. The van der Waals surface area contributed by atoms with Crippen molar-refractivity contribution in [3.63, 3.8) is 0 Å². The van der Waals surface area contributed by atoms with Gasteiger partial charge in [0.25, 0.3) is 0 Å². The Kier molecular flexibility index (Phi) is 3.24. The normalized spacial score (nSPS) is 10.6. The summed E-state index contributed by atoms with van der Waals surface area (Å²) in [5.74, 6) is 0.764. The van der Waals surface area contributed by atoms with Crippen LogP contribution in [-0.4, -0.2) is 20.2 Å². The summed E-state index contributed by atoms with van der Waals surface area (Å²) in [5.41, 5.74) is 2.07. The van der Waals surface area contributed by atoms with Gasteiger partial charge >= 0.3 is 0 Å². The molecule has 3 aromatic rings. The number of tetrazole rings is 1. The smallest absolute Gasteiger partial charge is 0.181 e. The zero-order valence-corrected chi connectivity index (χ0v) is 11.3. The molecule has 0 bridgehead atoms. The molecule has 0 amide bonds. The van der Waals surface area contributed by atoms with E-state index in [1.165, 1.54) is 4.88 Å². The first kappa shape index (κ1) is 11.9. The summed E-state index contributed by atoms with van der Waals surface area (Å²) in [7, 11) is 1.83. The number of nitrogens with zero attached hydrogens (tertiary/aromatic N) is 4. The summed E-state index contributed by atoms with van der Waals surface area (Å²) in [4.78, 5) is 1.31. The van der Waals surface area contributed by atoms with Crippen molar-refractivity contribution < 1.29 is 0 Å². The second-order valence-electron chi connectivity index (χ2n) is 4.14. The number of aryl methyl sites for hydroxylation is 1. The zero-order chi connectivity index (χ0) is 13.1. The molecular weight excluding hydrogens is 258 g/mol. The fourth-order valence-electron chi connectivity index (χ4n) is 1.84. The standard InChI is InChI=1S/C13H13N5S/c1-18-13(15-16-17-18)10-4-2-5-11(8-10)14-9-12-6-3-7-19-12/h2-8,14H,9H2,1H3. The summed E-state index contributed by atoms with van der Waals surface area (Å²) in [6.45, 7) is 0.832. The third-order valence-electron chi connectivity index (χ3n) is 2.79. The van der Waals surface area contributed by atoms with Crippen LogP contribution in [0.25, 0.3) is 11.4 Å². The molecule has 19 heavy (non-hydrogen) atoms. The number of nitrogens with one attached hydrogen (secondary N) is 1. The van der Waals surface area contributed by atoms with E-state index in [2.05, 4.69) is 44.4 Å². The highest BCUT2D eigenvalue weighted by Gasteiger charge is 2.06. The van der Waals surface area contributed by atoms with Crippen molar-refractivity contribution in [3.05, 3.63) is 46.7 Å². The van der Waals surface area contributed by atoms with E-state index in [9.17, 15) is 0 Å². The minimum atomic E-state index is 0.764.